The van der Waals surface area contributed by atoms with E-state index >= 15 is 0 Å². The van der Waals surface area contributed by atoms with Crippen molar-refractivity contribution in [1.82, 2.24) is 9.80 Å². The van der Waals surface area contributed by atoms with Crippen LogP contribution in [0.1, 0.15) is 51.5 Å². The molecule has 5 heteroatoms. The van der Waals surface area contributed by atoms with Gasteiger partial charge in [0.05, 0.1) is 6.54 Å². The summed E-state index contributed by atoms with van der Waals surface area (Å²) in [5, 5.41) is 0. The Morgan fingerprint density at radius 2 is 1.89 bits per heavy atom. The van der Waals surface area contributed by atoms with E-state index in [4.69, 9.17) is 4.74 Å². The Morgan fingerprint density at radius 1 is 1.22 bits per heavy atom. The van der Waals surface area contributed by atoms with E-state index in [0.717, 1.165) is 43.4 Å². The summed E-state index contributed by atoms with van der Waals surface area (Å²) in [6.45, 7) is 5.07. The lowest BCUT2D eigenvalue weighted by Crippen LogP contribution is -2.52. The minimum atomic E-state index is -0.339. The Kier molecular flexibility index (Phi) is 4.65. The summed E-state index contributed by atoms with van der Waals surface area (Å²) in [4.78, 5) is 28.7. The predicted molar refractivity (Wildman–Crippen MR) is 103 cm³/mol. The second-order valence-corrected chi connectivity index (χ2v) is 8.77. The smallest absolute Gasteiger partial charge is 0.226 e. The van der Waals surface area contributed by atoms with Gasteiger partial charge in [0.25, 0.3) is 0 Å². The lowest BCUT2D eigenvalue weighted by molar-refractivity contribution is -0.137. The molecule has 5 nitrogen and oxygen atoms in total. The van der Waals surface area contributed by atoms with E-state index in [2.05, 4.69) is 13.0 Å². The van der Waals surface area contributed by atoms with Crippen LogP contribution in [0.4, 0.5) is 0 Å². The third kappa shape index (κ3) is 3.56. The highest BCUT2D eigenvalue weighted by atomic mass is 16.5. The van der Waals surface area contributed by atoms with E-state index in [-0.39, 0.29) is 29.4 Å². The molecule has 1 aromatic rings. The molecule has 2 atom stereocenters. The third-order valence-corrected chi connectivity index (χ3v) is 6.79. The van der Waals surface area contributed by atoms with Crippen LogP contribution in [0.3, 0.4) is 0 Å². The zero-order valence-corrected chi connectivity index (χ0v) is 16.6. The van der Waals surface area contributed by atoms with Crippen LogP contribution in [-0.2, 0) is 16.1 Å². The maximum absolute atomic E-state index is 13.0. The van der Waals surface area contributed by atoms with Gasteiger partial charge in [-0.25, -0.2) is 0 Å². The fourth-order valence-corrected chi connectivity index (χ4v) is 4.70. The quantitative estimate of drug-likeness (QED) is 0.803. The number of carbonyl (C=O) groups excluding carboxylic acids is 2. The van der Waals surface area contributed by atoms with Gasteiger partial charge in [-0.3, -0.25) is 9.59 Å². The Hall–Kier alpha value is -2.04. The van der Waals surface area contributed by atoms with Gasteiger partial charge in [-0.1, -0.05) is 25.1 Å². The van der Waals surface area contributed by atoms with Crippen LogP contribution in [-0.4, -0.2) is 46.8 Å². The average Bonchev–Trinajstić information content (AvgIpc) is 3.41. The van der Waals surface area contributed by atoms with Gasteiger partial charge in [-0.15, -0.1) is 0 Å². The second kappa shape index (κ2) is 6.84. The van der Waals surface area contributed by atoms with Crippen molar-refractivity contribution in [1.29, 1.82) is 0 Å². The molecule has 2 amide bonds. The molecule has 1 aromatic carbocycles. The first kappa shape index (κ1) is 18.3. The third-order valence-electron chi connectivity index (χ3n) is 6.79. The molecule has 2 saturated carbocycles. The summed E-state index contributed by atoms with van der Waals surface area (Å²) in [7, 11) is 1.89. The number of nitrogens with zero attached hydrogens (tertiary/aromatic N) is 2. The van der Waals surface area contributed by atoms with Crippen molar-refractivity contribution in [3.8, 4) is 5.75 Å². The number of rotatable bonds is 2. The molecule has 3 aliphatic rings. The largest absolute Gasteiger partial charge is 0.485 e. The van der Waals surface area contributed by atoms with Crippen LogP contribution in [0.2, 0.25) is 0 Å². The summed E-state index contributed by atoms with van der Waals surface area (Å²) < 4.78 is 6.58. The highest BCUT2D eigenvalue weighted by Crippen LogP contribution is 2.43. The zero-order chi connectivity index (χ0) is 19.2. The standard InChI is InChI=1S/C22H30N2O3/c1-15-12-19(15)21(26)24-13-17-6-4-5-7-20(17)27-22(14-24)10-8-18(9-11-22)23(3)16(2)25/h4-7,15,18-19H,8-14H2,1-3H3/t15-,18?,19+,22?/m0/s1. The van der Waals surface area contributed by atoms with Crippen molar-refractivity contribution < 1.29 is 14.3 Å². The van der Waals surface area contributed by atoms with Crippen LogP contribution in [0.15, 0.2) is 24.3 Å². The molecule has 4 rings (SSSR count). The maximum Gasteiger partial charge on any atom is 0.226 e. The molecule has 0 bridgehead atoms. The lowest BCUT2D eigenvalue weighted by atomic mass is 9.81. The van der Waals surface area contributed by atoms with Gasteiger partial charge < -0.3 is 14.5 Å². The maximum atomic E-state index is 13.0. The fourth-order valence-electron chi connectivity index (χ4n) is 4.70. The van der Waals surface area contributed by atoms with Gasteiger partial charge in [0, 0.05) is 38.0 Å². The van der Waals surface area contributed by atoms with Crippen LogP contribution in [0.5, 0.6) is 5.75 Å². The molecule has 0 N–H and O–H groups in total. The van der Waals surface area contributed by atoms with Crippen molar-refractivity contribution >= 4 is 11.8 Å². The molecule has 0 unspecified atom stereocenters. The first-order chi connectivity index (χ1) is 12.9. The molecule has 146 valence electrons. The Labute approximate surface area is 161 Å². The molecule has 2 aliphatic carbocycles. The highest BCUT2D eigenvalue weighted by Gasteiger charge is 2.47. The summed E-state index contributed by atoms with van der Waals surface area (Å²) in [6.07, 6.45) is 4.58. The Morgan fingerprint density at radius 3 is 2.52 bits per heavy atom. The van der Waals surface area contributed by atoms with E-state index in [0.29, 0.717) is 19.0 Å². The monoisotopic (exact) mass is 370 g/mol. The van der Waals surface area contributed by atoms with Gasteiger partial charge in [-0.2, -0.15) is 0 Å². The van der Waals surface area contributed by atoms with Crippen molar-refractivity contribution in [2.24, 2.45) is 11.8 Å². The molecular formula is C22H30N2O3. The molecule has 0 aromatic heterocycles. The molecule has 1 spiro atoms. The van der Waals surface area contributed by atoms with Crippen LogP contribution < -0.4 is 4.74 Å². The minimum Gasteiger partial charge on any atom is -0.485 e. The molecule has 1 heterocycles. The summed E-state index contributed by atoms with van der Waals surface area (Å²) in [6, 6.07) is 8.38. The van der Waals surface area contributed by atoms with Gasteiger partial charge in [0.15, 0.2) is 0 Å². The first-order valence-electron chi connectivity index (χ1n) is 10.2. The number of fused-ring (bicyclic) bond motifs is 1. The van der Waals surface area contributed by atoms with Crippen LogP contribution >= 0.6 is 0 Å². The van der Waals surface area contributed by atoms with E-state index in [1.54, 1.807) is 6.92 Å². The van der Waals surface area contributed by atoms with Crippen LogP contribution in [0.25, 0.3) is 0 Å². The molecular weight excluding hydrogens is 340 g/mol. The lowest BCUT2D eigenvalue weighted by Gasteiger charge is -2.43. The number of hydrogen-bond donors (Lipinski definition) is 0. The number of benzene rings is 1. The van der Waals surface area contributed by atoms with Gasteiger partial charge in [-0.05, 0) is 44.1 Å². The molecule has 27 heavy (non-hydrogen) atoms. The Bertz CT molecular complexity index is 739. The van der Waals surface area contributed by atoms with Crippen molar-refractivity contribution in [3.63, 3.8) is 0 Å². The summed E-state index contributed by atoms with van der Waals surface area (Å²) in [5.41, 5.74) is 0.758. The first-order valence-corrected chi connectivity index (χ1v) is 10.2. The van der Waals surface area contributed by atoms with E-state index < -0.39 is 0 Å². The second-order valence-electron chi connectivity index (χ2n) is 8.77. The number of hydrogen-bond acceptors (Lipinski definition) is 3. The van der Waals surface area contributed by atoms with E-state index in [1.807, 2.05) is 35.0 Å². The molecule has 2 fully saturated rings. The van der Waals surface area contributed by atoms with Gasteiger partial charge in [0.1, 0.15) is 11.4 Å². The predicted octanol–water partition coefficient (Wildman–Crippen LogP) is 3.22. The van der Waals surface area contributed by atoms with Crippen molar-refractivity contribution in [2.45, 2.75) is 64.1 Å². The topological polar surface area (TPSA) is 49.9 Å². The van der Waals surface area contributed by atoms with E-state index in [1.165, 1.54) is 0 Å². The Balaban J connectivity index is 1.57. The average molecular weight is 370 g/mol. The normalized spacial score (nSPS) is 32.3. The van der Waals surface area contributed by atoms with Gasteiger partial charge in [0.2, 0.25) is 11.8 Å². The number of amides is 2. The van der Waals surface area contributed by atoms with E-state index in [9.17, 15) is 9.59 Å². The fraction of sp³-hybridized carbons (Fsp3) is 0.636. The molecule has 0 radical (unpaired) electrons. The minimum absolute atomic E-state index is 0.114. The summed E-state index contributed by atoms with van der Waals surface area (Å²) >= 11 is 0. The molecule has 1 aliphatic heterocycles. The van der Waals surface area contributed by atoms with Crippen molar-refractivity contribution in [2.75, 3.05) is 13.6 Å². The van der Waals surface area contributed by atoms with Crippen molar-refractivity contribution in [3.05, 3.63) is 29.8 Å². The zero-order valence-electron chi connectivity index (χ0n) is 16.6. The highest BCUT2D eigenvalue weighted by molar-refractivity contribution is 5.82. The number of ether oxygens (including phenoxy) is 1. The molecule has 0 saturated heterocycles. The number of para-hydroxylation sites is 1. The summed E-state index contributed by atoms with van der Waals surface area (Å²) in [5.74, 6) is 2.00. The van der Waals surface area contributed by atoms with Crippen LogP contribution in [0, 0.1) is 11.8 Å². The van der Waals surface area contributed by atoms with Gasteiger partial charge >= 0.3 is 0 Å². The SMILES string of the molecule is CC(=O)N(C)C1CCC2(CC1)CN(C(=O)[C@@H]1C[C@@H]1C)Cc1ccccc1O2. The number of carbonyl (C=O) groups is 2.